The van der Waals surface area contributed by atoms with Crippen molar-refractivity contribution < 1.29 is 18.8 Å². The molecule has 88 heavy (non-hydrogen) atoms. The lowest BCUT2D eigenvalue weighted by molar-refractivity contribution is -0.145. The SMILES string of the molecule is CCC1(C)CC2CC(=O)C1N(CCc1c[nH]c3ccccc13)C2.CCC1CC2C=CC1N(Cc1c[nH]c3ccccc13)C2.CCC1CC2CC(=O)C1N(CCc1c[nH]c3ccc(F)cc13)C2.CCC1CC2CC(=O)C1N(CCc1c[nH]c3ccccc13)C2. The van der Waals surface area contributed by atoms with Gasteiger partial charge in [0.25, 0.3) is 0 Å². The standard InChI is InChI=1S/C20H26N2O.C19H23FN2O.C19H24N2O.C18H22N2/c1-3-20(2)11-14-10-18(23)19(20)22(13-14)9-8-15-12-21-17-7-5-4-6-16(15)17;1-2-13-7-12-8-18(23)19(13)22(11-12)6-5-14-10-21-17-4-3-15(20)9-16(14)17;1-2-14-9-13-10-18(22)19(14)21(12-13)8-7-15-11-20-17-6-4-3-5-16(15)17;1-2-14-9-13-7-8-18(14)20(11-13)12-15-10-19-17-6-4-3-5-16(15)17/h4-7,12,14,19,21H,3,8-11,13H2,1-2H3;3-4,9-10,12-13,19,21H,2,5-8,11H2,1H3;3-6,11,13-14,19-20H,2,7-10,12H2,1H3;3-8,10,13-14,18-19H,2,9,11-12H2,1H3. The van der Waals surface area contributed by atoms with Gasteiger partial charge in [0.1, 0.15) is 5.82 Å². The number of aromatic nitrogens is 4. The number of H-pyrrole nitrogens is 4. The quantitative estimate of drug-likeness (QED) is 0.0753. The number of para-hydroxylation sites is 3. The number of Topliss-reactive ketones (excluding diaryl/α,β-unsaturated/α-hetero) is 3. The van der Waals surface area contributed by atoms with Crippen LogP contribution < -0.4 is 0 Å². The number of benzene rings is 4. The Morgan fingerprint density at radius 1 is 0.489 bits per heavy atom. The van der Waals surface area contributed by atoms with Crippen molar-refractivity contribution >= 4 is 61.0 Å². The van der Waals surface area contributed by atoms with E-state index in [2.05, 4.69) is 178 Å². The van der Waals surface area contributed by atoms with Gasteiger partial charge in [0.15, 0.2) is 17.3 Å². The number of carbonyl (C=O) groups excluding carboxylic acids is 3. The molecule has 12 unspecified atom stereocenters. The van der Waals surface area contributed by atoms with Gasteiger partial charge in [-0.3, -0.25) is 34.0 Å². The van der Waals surface area contributed by atoms with Gasteiger partial charge < -0.3 is 19.9 Å². The first kappa shape index (κ1) is 60.5. The molecule has 0 spiro atoms. The zero-order valence-corrected chi connectivity index (χ0v) is 52.9. The van der Waals surface area contributed by atoms with Crippen LogP contribution in [-0.2, 0) is 40.2 Å². The van der Waals surface area contributed by atoms with Crippen molar-refractivity contribution in [2.75, 3.05) is 45.8 Å². The summed E-state index contributed by atoms with van der Waals surface area (Å²) in [5.41, 5.74) is 10.1. The molecule has 4 aromatic heterocycles. The van der Waals surface area contributed by atoms with Gasteiger partial charge in [-0.05, 0) is 157 Å². The Balaban J connectivity index is 0.000000108. The summed E-state index contributed by atoms with van der Waals surface area (Å²) in [6.07, 6.45) is 28.4. The van der Waals surface area contributed by atoms with E-state index in [1.54, 1.807) is 12.1 Å². The zero-order valence-electron chi connectivity index (χ0n) is 52.9. The largest absolute Gasteiger partial charge is 0.361 e. The first-order valence-electron chi connectivity index (χ1n) is 34.0. The Hall–Kier alpha value is -6.44. The van der Waals surface area contributed by atoms with Crippen LogP contribution in [0.15, 0.2) is 128 Å². The average Bonchev–Trinajstić information content (AvgIpc) is 1.75. The predicted octanol–water partition coefficient (Wildman–Crippen LogP) is 14.7. The Kier molecular flexibility index (Phi) is 18.0. The fourth-order valence-electron chi connectivity index (χ4n) is 18.3. The lowest BCUT2D eigenvalue weighted by atomic mass is 9.61. The summed E-state index contributed by atoms with van der Waals surface area (Å²) in [6, 6.07) is 31.5. The number of ketones is 3. The molecule has 4 aliphatic carbocycles. The second kappa shape index (κ2) is 26.2. The Morgan fingerprint density at radius 2 is 0.955 bits per heavy atom. The van der Waals surface area contributed by atoms with Gasteiger partial charge in [-0.25, -0.2) is 4.39 Å². The average molecular weight is 1190 g/mol. The van der Waals surface area contributed by atoms with Crippen molar-refractivity contribution in [3.05, 3.63) is 156 Å². The van der Waals surface area contributed by atoms with Gasteiger partial charge >= 0.3 is 0 Å². The molecular weight excluding hydrogens is 1090 g/mol. The molecule has 12 heterocycles. The van der Waals surface area contributed by atoms with E-state index in [1.807, 2.05) is 6.20 Å². The summed E-state index contributed by atoms with van der Waals surface area (Å²) >= 11 is 0. The first-order chi connectivity index (χ1) is 42.9. The Labute approximate surface area is 520 Å². The number of aromatic amines is 4. The number of rotatable bonds is 15. The number of fused-ring (bicyclic) bond motifs is 15. The van der Waals surface area contributed by atoms with Gasteiger partial charge in [-0.15, -0.1) is 0 Å². The summed E-state index contributed by atoms with van der Waals surface area (Å²) in [5.74, 6) is 5.66. The van der Waals surface area contributed by atoms with Crippen molar-refractivity contribution in [2.45, 2.75) is 155 Å². The van der Waals surface area contributed by atoms with Crippen LogP contribution in [0.5, 0.6) is 0 Å². The van der Waals surface area contributed by atoms with Gasteiger partial charge in [0, 0.05) is 146 Å². The third-order valence-corrected chi connectivity index (χ3v) is 22.7. The molecule has 11 nitrogen and oxygen atoms in total. The number of nitrogens with one attached hydrogen (secondary N) is 4. The maximum Gasteiger partial charge on any atom is 0.150 e. The van der Waals surface area contributed by atoms with Crippen LogP contribution in [0.3, 0.4) is 0 Å². The van der Waals surface area contributed by atoms with E-state index in [-0.39, 0.29) is 29.4 Å². The molecule has 12 heteroatoms. The van der Waals surface area contributed by atoms with Gasteiger partial charge in [-0.2, -0.15) is 0 Å². The fraction of sp³-hybridized carbons (Fsp3) is 0.513. The lowest BCUT2D eigenvalue weighted by Crippen LogP contribution is -2.62. The molecule has 12 aliphatic rings. The molecule has 4 N–H and O–H groups in total. The summed E-state index contributed by atoms with van der Waals surface area (Å²) in [5, 5.41) is 4.98. The summed E-state index contributed by atoms with van der Waals surface area (Å²) in [7, 11) is 0. The normalized spacial score (nSPS) is 29.2. The van der Waals surface area contributed by atoms with Crippen LogP contribution in [0.1, 0.15) is 128 Å². The smallest absolute Gasteiger partial charge is 0.150 e. The number of halogens is 1. The minimum atomic E-state index is -0.198. The van der Waals surface area contributed by atoms with Crippen molar-refractivity contribution in [2.24, 2.45) is 46.8 Å². The molecular formula is C76H95FN8O3. The van der Waals surface area contributed by atoms with E-state index >= 15 is 0 Å². The highest BCUT2D eigenvalue weighted by atomic mass is 19.1. The molecule has 4 aromatic carbocycles. The highest BCUT2D eigenvalue weighted by Crippen LogP contribution is 2.48. The van der Waals surface area contributed by atoms with E-state index in [0.717, 1.165) is 132 Å². The van der Waals surface area contributed by atoms with Gasteiger partial charge in [-0.1, -0.05) is 121 Å². The van der Waals surface area contributed by atoms with Crippen molar-refractivity contribution in [3.63, 3.8) is 0 Å². The van der Waals surface area contributed by atoms with Gasteiger partial charge in [0.2, 0.25) is 0 Å². The molecule has 8 aromatic rings. The third-order valence-electron chi connectivity index (χ3n) is 22.7. The van der Waals surface area contributed by atoms with Crippen LogP contribution >= 0.6 is 0 Å². The van der Waals surface area contributed by atoms with E-state index in [1.165, 1.54) is 94.1 Å². The first-order valence-corrected chi connectivity index (χ1v) is 34.0. The molecule has 8 aliphatic heterocycles. The van der Waals surface area contributed by atoms with Crippen molar-refractivity contribution in [1.82, 2.24) is 39.5 Å². The molecule has 20 rings (SSSR count). The van der Waals surface area contributed by atoms with E-state index in [9.17, 15) is 18.8 Å². The second-order valence-electron chi connectivity index (χ2n) is 28.2. The van der Waals surface area contributed by atoms with Crippen LogP contribution in [0.4, 0.5) is 4.39 Å². The molecule has 10 fully saturated rings. The summed E-state index contributed by atoms with van der Waals surface area (Å²) < 4.78 is 13.5. The van der Waals surface area contributed by atoms with Gasteiger partial charge in [0.05, 0.1) is 18.1 Å². The third kappa shape index (κ3) is 12.3. The molecule has 0 amide bonds. The highest BCUT2D eigenvalue weighted by Gasteiger charge is 2.52. The van der Waals surface area contributed by atoms with E-state index in [4.69, 9.17) is 0 Å². The van der Waals surface area contributed by atoms with E-state index in [0.29, 0.717) is 53.0 Å². The lowest BCUT2D eigenvalue weighted by Gasteiger charge is -2.54. The highest BCUT2D eigenvalue weighted by molar-refractivity contribution is 5.89. The predicted molar refractivity (Wildman–Crippen MR) is 355 cm³/mol. The van der Waals surface area contributed by atoms with E-state index < -0.39 is 0 Å². The van der Waals surface area contributed by atoms with Crippen LogP contribution in [0.2, 0.25) is 0 Å². The number of hydrogen-bond acceptors (Lipinski definition) is 7. The molecule has 464 valence electrons. The summed E-state index contributed by atoms with van der Waals surface area (Å²) in [6.45, 7) is 19.8. The van der Waals surface area contributed by atoms with Crippen molar-refractivity contribution in [1.29, 1.82) is 0 Å². The van der Waals surface area contributed by atoms with Crippen LogP contribution in [0.25, 0.3) is 43.6 Å². The molecule has 8 bridgehead atoms. The maximum atomic E-state index is 13.5. The summed E-state index contributed by atoms with van der Waals surface area (Å²) in [4.78, 5) is 60.6. The minimum Gasteiger partial charge on any atom is -0.361 e. The number of nitrogens with zero attached hydrogens (tertiary/aromatic N) is 4. The molecule has 3 saturated carbocycles. The topological polar surface area (TPSA) is 127 Å². The number of carbonyl (C=O) groups is 3. The molecule has 7 saturated heterocycles. The maximum absolute atomic E-state index is 13.5. The van der Waals surface area contributed by atoms with Crippen LogP contribution in [0, 0.1) is 52.7 Å². The molecule has 12 atom stereocenters. The number of piperidine rings is 7. The minimum absolute atomic E-state index is 0.118. The van der Waals surface area contributed by atoms with Crippen LogP contribution in [-0.4, -0.2) is 127 Å². The Bertz CT molecular complexity index is 3780. The monoisotopic (exact) mass is 1190 g/mol. The molecule has 0 radical (unpaired) electrons. The second-order valence-corrected chi connectivity index (χ2v) is 28.2. The Morgan fingerprint density at radius 3 is 1.45 bits per heavy atom. The number of hydrogen-bond donors (Lipinski definition) is 4. The van der Waals surface area contributed by atoms with Crippen molar-refractivity contribution in [3.8, 4) is 0 Å². The fourth-order valence-corrected chi connectivity index (χ4v) is 18.3. The zero-order chi connectivity index (χ0) is 60.6.